The lowest BCUT2D eigenvalue weighted by atomic mass is 9.53. The topological polar surface area (TPSA) is 0 Å². The number of hydrogen-bond acceptors (Lipinski definition) is 0. The molecule has 1 fully saturated rings. The molecular formula is C18H36. The molecule has 1 aliphatic rings. The van der Waals surface area contributed by atoms with Gasteiger partial charge in [0.2, 0.25) is 0 Å². The summed E-state index contributed by atoms with van der Waals surface area (Å²) in [5, 5.41) is 0. The average molecular weight is 252 g/mol. The minimum atomic E-state index is 0.842. The van der Waals surface area contributed by atoms with Gasteiger partial charge in [-0.1, -0.05) is 68.2 Å². The molecule has 0 aromatic heterocycles. The van der Waals surface area contributed by atoms with E-state index in [2.05, 4.69) is 55.4 Å². The minimum absolute atomic E-state index is 0.842. The first kappa shape index (κ1) is 16.1. The van der Waals surface area contributed by atoms with Crippen molar-refractivity contribution in [3.05, 3.63) is 0 Å². The van der Waals surface area contributed by atoms with E-state index in [0.29, 0.717) is 0 Å². The summed E-state index contributed by atoms with van der Waals surface area (Å²) in [6.07, 6.45) is 2.83. The molecule has 18 heavy (non-hydrogen) atoms. The van der Waals surface area contributed by atoms with Gasteiger partial charge in [0.15, 0.2) is 0 Å². The highest BCUT2D eigenvalue weighted by Crippen LogP contribution is 2.51. The van der Waals surface area contributed by atoms with Gasteiger partial charge in [-0.15, -0.1) is 0 Å². The summed E-state index contributed by atoms with van der Waals surface area (Å²) in [5.41, 5.74) is 0. The Kier molecular flexibility index (Phi) is 5.74. The molecule has 0 N–H and O–H groups in total. The molecule has 0 amide bonds. The van der Waals surface area contributed by atoms with Crippen LogP contribution >= 0.6 is 0 Å². The summed E-state index contributed by atoms with van der Waals surface area (Å²) < 4.78 is 0. The molecule has 0 bridgehead atoms. The lowest BCUT2D eigenvalue weighted by Crippen LogP contribution is -2.46. The summed E-state index contributed by atoms with van der Waals surface area (Å²) in [5.74, 6) is 7.34. The van der Waals surface area contributed by atoms with Crippen molar-refractivity contribution in [2.45, 2.75) is 68.2 Å². The van der Waals surface area contributed by atoms with Gasteiger partial charge in [0, 0.05) is 0 Å². The Morgan fingerprint density at radius 3 is 1.56 bits per heavy atom. The summed E-state index contributed by atoms with van der Waals surface area (Å²) in [7, 11) is 0. The zero-order valence-corrected chi connectivity index (χ0v) is 14.0. The van der Waals surface area contributed by atoms with Crippen molar-refractivity contribution in [1.29, 1.82) is 0 Å². The van der Waals surface area contributed by atoms with Crippen LogP contribution in [0.25, 0.3) is 0 Å². The highest BCUT2D eigenvalue weighted by Gasteiger charge is 2.45. The lowest BCUT2D eigenvalue weighted by molar-refractivity contribution is -0.0400. The van der Waals surface area contributed by atoms with Gasteiger partial charge in [-0.2, -0.15) is 0 Å². The van der Waals surface area contributed by atoms with E-state index in [9.17, 15) is 0 Å². The van der Waals surface area contributed by atoms with Crippen LogP contribution in [0.5, 0.6) is 0 Å². The van der Waals surface area contributed by atoms with Crippen LogP contribution < -0.4 is 0 Å². The molecule has 1 rings (SSSR count). The molecular weight excluding hydrogens is 216 g/mol. The SMILES string of the molecule is CC(C)C(C)CCC(C)C(C)C1C(C)C(C)C1C. The van der Waals surface area contributed by atoms with Crippen molar-refractivity contribution in [2.75, 3.05) is 0 Å². The second-order valence-corrected chi connectivity index (χ2v) is 7.79. The molecule has 0 radical (unpaired) electrons. The molecule has 0 heterocycles. The molecule has 5 atom stereocenters. The van der Waals surface area contributed by atoms with Gasteiger partial charge < -0.3 is 0 Å². The summed E-state index contributed by atoms with van der Waals surface area (Å²) in [6.45, 7) is 19.5. The molecule has 0 nitrogen and oxygen atoms in total. The first-order valence-corrected chi connectivity index (χ1v) is 8.27. The molecule has 1 aliphatic carbocycles. The highest BCUT2D eigenvalue weighted by molar-refractivity contribution is 4.93. The van der Waals surface area contributed by atoms with Crippen molar-refractivity contribution in [3.63, 3.8) is 0 Å². The number of hydrogen-bond donors (Lipinski definition) is 0. The van der Waals surface area contributed by atoms with Gasteiger partial charge in [-0.05, 0) is 47.3 Å². The predicted molar refractivity (Wildman–Crippen MR) is 82.5 cm³/mol. The van der Waals surface area contributed by atoms with Crippen LogP contribution in [0.3, 0.4) is 0 Å². The van der Waals surface area contributed by atoms with Crippen LogP contribution in [0.1, 0.15) is 68.2 Å². The number of rotatable bonds is 6. The maximum atomic E-state index is 2.51. The van der Waals surface area contributed by atoms with E-state index >= 15 is 0 Å². The fraction of sp³-hybridized carbons (Fsp3) is 1.00. The minimum Gasteiger partial charge on any atom is -0.0625 e. The van der Waals surface area contributed by atoms with Gasteiger partial charge in [-0.3, -0.25) is 0 Å². The Bertz CT molecular complexity index is 232. The van der Waals surface area contributed by atoms with Gasteiger partial charge in [0.1, 0.15) is 0 Å². The van der Waals surface area contributed by atoms with Crippen LogP contribution in [0.2, 0.25) is 0 Å². The molecule has 0 heteroatoms. The van der Waals surface area contributed by atoms with E-state index in [0.717, 1.165) is 47.3 Å². The van der Waals surface area contributed by atoms with Crippen LogP contribution in [-0.2, 0) is 0 Å². The van der Waals surface area contributed by atoms with Gasteiger partial charge in [0.05, 0.1) is 0 Å². The normalized spacial score (nSPS) is 37.2. The Labute approximate surface area is 116 Å². The van der Waals surface area contributed by atoms with Gasteiger partial charge >= 0.3 is 0 Å². The first-order chi connectivity index (χ1) is 8.27. The lowest BCUT2D eigenvalue weighted by Gasteiger charge is -2.52. The van der Waals surface area contributed by atoms with Crippen LogP contribution in [0.15, 0.2) is 0 Å². The fourth-order valence-corrected chi connectivity index (χ4v) is 3.97. The first-order valence-electron chi connectivity index (χ1n) is 8.27. The van der Waals surface area contributed by atoms with Crippen molar-refractivity contribution >= 4 is 0 Å². The quantitative estimate of drug-likeness (QED) is 0.554. The van der Waals surface area contributed by atoms with Crippen LogP contribution in [0.4, 0.5) is 0 Å². The molecule has 0 aromatic rings. The zero-order valence-electron chi connectivity index (χ0n) is 14.0. The van der Waals surface area contributed by atoms with Crippen molar-refractivity contribution in [1.82, 2.24) is 0 Å². The third-order valence-corrected chi connectivity index (χ3v) is 6.59. The van der Waals surface area contributed by atoms with Crippen LogP contribution in [0, 0.1) is 47.3 Å². The molecule has 0 spiro atoms. The maximum Gasteiger partial charge on any atom is -0.0329 e. The van der Waals surface area contributed by atoms with E-state index in [-0.39, 0.29) is 0 Å². The Hall–Kier alpha value is 0. The van der Waals surface area contributed by atoms with E-state index in [1.807, 2.05) is 0 Å². The second-order valence-electron chi connectivity index (χ2n) is 7.79. The standard InChI is InChI=1S/C18H36/c1-11(2)12(3)9-10-13(4)14(5)18-16(7)15(6)17(18)8/h11-18H,9-10H2,1-8H3. The largest absolute Gasteiger partial charge is 0.0625 e. The Balaban J connectivity index is 2.40. The third kappa shape index (κ3) is 3.31. The zero-order chi connectivity index (χ0) is 14.0. The molecule has 0 aliphatic heterocycles. The van der Waals surface area contributed by atoms with Gasteiger partial charge in [-0.25, -0.2) is 0 Å². The van der Waals surface area contributed by atoms with E-state index in [4.69, 9.17) is 0 Å². The van der Waals surface area contributed by atoms with E-state index in [1.54, 1.807) is 0 Å². The van der Waals surface area contributed by atoms with Gasteiger partial charge in [0.25, 0.3) is 0 Å². The summed E-state index contributed by atoms with van der Waals surface area (Å²) in [4.78, 5) is 0. The molecule has 0 saturated heterocycles. The van der Waals surface area contributed by atoms with Crippen molar-refractivity contribution < 1.29 is 0 Å². The van der Waals surface area contributed by atoms with Crippen LogP contribution in [-0.4, -0.2) is 0 Å². The van der Waals surface area contributed by atoms with E-state index in [1.165, 1.54) is 12.8 Å². The second kappa shape index (κ2) is 6.44. The Morgan fingerprint density at radius 1 is 0.667 bits per heavy atom. The summed E-state index contributed by atoms with van der Waals surface area (Å²) in [6, 6.07) is 0. The maximum absolute atomic E-state index is 2.51. The molecule has 108 valence electrons. The molecule has 5 unspecified atom stereocenters. The summed E-state index contributed by atoms with van der Waals surface area (Å²) >= 11 is 0. The van der Waals surface area contributed by atoms with E-state index < -0.39 is 0 Å². The van der Waals surface area contributed by atoms with Crippen molar-refractivity contribution in [3.8, 4) is 0 Å². The van der Waals surface area contributed by atoms with Crippen molar-refractivity contribution in [2.24, 2.45) is 47.3 Å². The third-order valence-electron chi connectivity index (χ3n) is 6.59. The highest BCUT2D eigenvalue weighted by atomic mass is 14.5. The predicted octanol–water partition coefficient (Wildman–Crippen LogP) is 5.87. The Morgan fingerprint density at radius 2 is 1.11 bits per heavy atom. The smallest absolute Gasteiger partial charge is 0.0329 e. The fourth-order valence-electron chi connectivity index (χ4n) is 3.97. The molecule has 0 aromatic carbocycles. The monoisotopic (exact) mass is 252 g/mol. The average Bonchev–Trinajstić information content (AvgIpc) is 2.34. The molecule has 1 saturated carbocycles.